The zero-order valence-electron chi connectivity index (χ0n) is 14.0. The Morgan fingerprint density at radius 1 is 1.00 bits per heavy atom. The Hall–Kier alpha value is -2.13. The standard InChI is InChI=1S/C21H23NO2/c1-24-21-19(18-5-3-2-4-16(18)14-6-7-14)9-8-17(20(21)13-23)15-10-11-22-12-15/h2-5,8-9,13-15,22H,6-7,10-12H2,1H3. The number of hydrogen-bond acceptors (Lipinski definition) is 3. The van der Waals surface area contributed by atoms with E-state index in [0.717, 1.165) is 42.7 Å². The molecule has 1 heterocycles. The topological polar surface area (TPSA) is 38.3 Å². The molecule has 1 aliphatic carbocycles. The van der Waals surface area contributed by atoms with Crippen molar-refractivity contribution in [3.8, 4) is 16.9 Å². The van der Waals surface area contributed by atoms with Crippen LogP contribution in [0.3, 0.4) is 0 Å². The van der Waals surface area contributed by atoms with Crippen LogP contribution in [0.5, 0.6) is 5.75 Å². The summed E-state index contributed by atoms with van der Waals surface area (Å²) in [5, 5.41) is 3.38. The van der Waals surface area contributed by atoms with Crippen LogP contribution < -0.4 is 10.1 Å². The lowest BCUT2D eigenvalue weighted by atomic mass is 9.88. The summed E-state index contributed by atoms with van der Waals surface area (Å²) in [4.78, 5) is 11.9. The van der Waals surface area contributed by atoms with Crippen LogP contribution in [-0.4, -0.2) is 26.5 Å². The van der Waals surface area contributed by atoms with Gasteiger partial charge in [-0.05, 0) is 54.3 Å². The van der Waals surface area contributed by atoms with Crippen molar-refractivity contribution in [2.45, 2.75) is 31.1 Å². The number of rotatable bonds is 5. The Morgan fingerprint density at radius 2 is 1.83 bits per heavy atom. The highest BCUT2D eigenvalue weighted by Crippen LogP contribution is 2.47. The summed E-state index contributed by atoms with van der Waals surface area (Å²) < 4.78 is 5.73. The van der Waals surface area contributed by atoms with Gasteiger partial charge < -0.3 is 10.1 Å². The van der Waals surface area contributed by atoms with Crippen molar-refractivity contribution in [3.05, 3.63) is 53.1 Å². The quantitative estimate of drug-likeness (QED) is 0.842. The molecule has 3 heteroatoms. The molecule has 24 heavy (non-hydrogen) atoms. The molecular weight excluding hydrogens is 298 g/mol. The molecule has 4 rings (SSSR count). The lowest BCUT2D eigenvalue weighted by Crippen LogP contribution is -2.10. The van der Waals surface area contributed by atoms with E-state index in [1.807, 2.05) is 0 Å². The maximum Gasteiger partial charge on any atom is 0.154 e. The molecule has 0 aromatic heterocycles. The summed E-state index contributed by atoms with van der Waals surface area (Å²) in [6.45, 7) is 1.94. The van der Waals surface area contributed by atoms with Gasteiger partial charge in [0.2, 0.25) is 0 Å². The maximum absolute atomic E-state index is 11.9. The number of methoxy groups -OCH3 is 1. The van der Waals surface area contributed by atoms with E-state index in [4.69, 9.17) is 4.74 Å². The summed E-state index contributed by atoms with van der Waals surface area (Å²) in [6, 6.07) is 12.8. The van der Waals surface area contributed by atoms with Gasteiger partial charge in [0.15, 0.2) is 6.29 Å². The fourth-order valence-corrected chi connectivity index (χ4v) is 3.94. The van der Waals surface area contributed by atoms with Gasteiger partial charge in [-0.25, -0.2) is 0 Å². The van der Waals surface area contributed by atoms with E-state index in [-0.39, 0.29) is 0 Å². The Morgan fingerprint density at radius 3 is 2.50 bits per heavy atom. The minimum absolute atomic E-state index is 0.395. The first-order valence-electron chi connectivity index (χ1n) is 8.79. The second-order valence-corrected chi connectivity index (χ2v) is 6.82. The summed E-state index contributed by atoms with van der Waals surface area (Å²) >= 11 is 0. The highest BCUT2D eigenvalue weighted by Gasteiger charge is 2.28. The van der Waals surface area contributed by atoms with Gasteiger partial charge in [0.05, 0.1) is 12.7 Å². The van der Waals surface area contributed by atoms with Gasteiger partial charge in [-0.2, -0.15) is 0 Å². The minimum atomic E-state index is 0.395. The first kappa shape index (κ1) is 15.4. The van der Waals surface area contributed by atoms with Crippen molar-refractivity contribution in [2.24, 2.45) is 0 Å². The van der Waals surface area contributed by atoms with E-state index in [1.54, 1.807) is 7.11 Å². The Balaban J connectivity index is 1.86. The lowest BCUT2D eigenvalue weighted by molar-refractivity contribution is 0.111. The zero-order valence-corrected chi connectivity index (χ0v) is 14.0. The molecule has 0 radical (unpaired) electrons. The molecule has 3 nitrogen and oxygen atoms in total. The van der Waals surface area contributed by atoms with Gasteiger partial charge in [-0.3, -0.25) is 4.79 Å². The Kier molecular flexibility index (Phi) is 4.11. The van der Waals surface area contributed by atoms with Crippen LogP contribution in [0.25, 0.3) is 11.1 Å². The van der Waals surface area contributed by atoms with E-state index in [9.17, 15) is 4.79 Å². The van der Waals surface area contributed by atoms with E-state index in [2.05, 4.69) is 41.7 Å². The fraction of sp³-hybridized carbons (Fsp3) is 0.381. The van der Waals surface area contributed by atoms with Crippen molar-refractivity contribution in [2.75, 3.05) is 20.2 Å². The number of carbonyl (C=O) groups is 1. The predicted molar refractivity (Wildman–Crippen MR) is 96.0 cm³/mol. The summed E-state index contributed by atoms with van der Waals surface area (Å²) in [5.74, 6) is 1.78. The highest BCUT2D eigenvalue weighted by molar-refractivity contribution is 5.89. The molecule has 2 aromatic rings. The predicted octanol–water partition coefficient (Wildman–Crippen LogP) is 4.13. The Bertz CT molecular complexity index is 758. The third-order valence-electron chi connectivity index (χ3n) is 5.32. The number of benzene rings is 2. The lowest BCUT2D eigenvalue weighted by Gasteiger charge is -2.19. The SMILES string of the molecule is COc1c(-c2ccccc2C2CC2)ccc(C2CCNC2)c1C=O. The number of aldehydes is 1. The average Bonchev–Trinajstić information content (AvgIpc) is 3.34. The largest absolute Gasteiger partial charge is 0.495 e. The average molecular weight is 321 g/mol. The second kappa shape index (κ2) is 6.40. The van der Waals surface area contributed by atoms with E-state index >= 15 is 0 Å². The Labute approximate surface area is 143 Å². The molecule has 1 N–H and O–H groups in total. The molecule has 0 amide bonds. The van der Waals surface area contributed by atoms with Gasteiger partial charge in [-0.1, -0.05) is 36.4 Å². The van der Waals surface area contributed by atoms with E-state index in [0.29, 0.717) is 17.4 Å². The molecular formula is C21H23NO2. The first-order chi connectivity index (χ1) is 11.8. The van der Waals surface area contributed by atoms with Crippen molar-refractivity contribution >= 4 is 6.29 Å². The molecule has 0 spiro atoms. The molecule has 2 aromatic carbocycles. The summed E-state index contributed by atoms with van der Waals surface area (Å²) in [5.41, 5.74) is 5.45. The number of carbonyl (C=O) groups excluding carboxylic acids is 1. The van der Waals surface area contributed by atoms with Crippen LogP contribution in [0.1, 0.15) is 52.6 Å². The molecule has 1 unspecified atom stereocenters. The van der Waals surface area contributed by atoms with Crippen molar-refractivity contribution < 1.29 is 9.53 Å². The first-order valence-corrected chi connectivity index (χ1v) is 8.79. The van der Waals surface area contributed by atoms with Gasteiger partial charge in [0.25, 0.3) is 0 Å². The van der Waals surface area contributed by atoms with Crippen LogP contribution >= 0.6 is 0 Å². The molecule has 1 saturated carbocycles. The van der Waals surface area contributed by atoms with E-state index in [1.165, 1.54) is 24.0 Å². The molecule has 2 aliphatic rings. The second-order valence-electron chi connectivity index (χ2n) is 6.82. The maximum atomic E-state index is 11.9. The summed E-state index contributed by atoms with van der Waals surface area (Å²) in [6.07, 6.45) is 4.55. The molecule has 2 fully saturated rings. The molecule has 1 atom stereocenters. The van der Waals surface area contributed by atoms with Crippen molar-refractivity contribution in [1.29, 1.82) is 0 Å². The van der Waals surface area contributed by atoms with Gasteiger partial charge >= 0.3 is 0 Å². The fourth-order valence-electron chi connectivity index (χ4n) is 3.94. The minimum Gasteiger partial charge on any atom is -0.495 e. The molecule has 1 saturated heterocycles. The van der Waals surface area contributed by atoms with Crippen molar-refractivity contribution in [3.63, 3.8) is 0 Å². The third kappa shape index (κ3) is 2.63. The van der Waals surface area contributed by atoms with Crippen LogP contribution in [0.15, 0.2) is 36.4 Å². The molecule has 1 aliphatic heterocycles. The van der Waals surface area contributed by atoms with Crippen LogP contribution in [0.4, 0.5) is 0 Å². The van der Waals surface area contributed by atoms with E-state index < -0.39 is 0 Å². The van der Waals surface area contributed by atoms with Crippen LogP contribution in [0.2, 0.25) is 0 Å². The molecule has 124 valence electrons. The smallest absolute Gasteiger partial charge is 0.154 e. The van der Waals surface area contributed by atoms with Crippen LogP contribution in [0, 0.1) is 0 Å². The van der Waals surface area contributed by atoms with Gasteiger partial charge in [0.1, 0.15) is 5.75 Å². The number of hydrogen-bond donors (Lipinski definition) is 1. The van der Waals surface area contributed by atoms with Crippen molar-refractivity contribution in [1.82, 2.24) is 5.32 Å². The normalized spacial score (nSPS) is 20.1. The van der Waals surface area contributed by atoms with Crippen LogP contribution in [-0.2, 0) is 0 Å². The summed E-state index contributed by atoms with van der Waals surface area (Å²) in [7, 11) is 1.67. The monoisotopic (exact) mass is 321 g/mol. The number of nitrogens with one attached hydrogen (secondary N) is 1. The number of ether oxygens (including phenoxy) is 1. The molecule has 0 bridgehead atoms. The highest BCUT2D eigenvalue weighted by atomic mass is 16.5. The third-order valence-corrected chi connectivity index (χ3v) is 5.32. The zero-order chi connectivity index (χ0) is 16.5. The van der Waals surface area contributed by atoms with Gasteiger partial charge in [-0.15, -0.1) is 0 Å². The van der Waals surface area contributed by atoms with Gasteiger partial charge in [0, 0.05) is 12.1 Å².